The Kier molecular flexibility index (Phi) is 3.40. The summed E-state index contributed by atoms with van der Waals surface area (Å²) in [6.07, 6.45) is 4.90. The highest BCUT2D eigenvalue weighted by Gasteiger charge is 2.25. The van der Waals surface area contributed by atoms with Gasteiger partial charge in [-0.1, -0.05) is 6.07 Å². The predicted octanol–water partition coefficient (Wildman–Crippen LogP) is 2.35. The van der Waals surface area contributed by atoms with E-state index in [1.54, 1.807) is 42.9 Å². The molecule has 2 aromatic rings. The van der Waals surface area contributed by atoms with Crippen molar-refractivity contribution >= 4 is 36.9 Å². The average molecular weight is 289 g/mol. The van der Waals surface area contributed by atoms with E-state index in [4.69, 9.17) is 8.94 Å². The van der Waals surface area contributed by atoms with Gasteiger partial charge in [-0.15, -0.1) is 0 Å². The molecular formula is C14H12NO4P. The van der Waals surface area contributed by atoms with Crippen LogP contribution in [-0.4, -0.2) is 17.9 Å². The van der Waals surface area contributed by atoms with Crippen LogP contribution in [0.5, 0.6) is 0 Å². The second-order valence-electron chi connectivity index (χ2n) is 4.25. The molecule has 1 atom stereocenters. The van der Waals surface area contributed by atoms with Crippen molar-refractivity contribution in [3.8, 4) is 0 Å². The number of hydrogen-bond acceptors (Lipinski definition) is 4. The zero-order chi connectivity index (χ0) is 14.1. The maximum absolute atomic E-state index is 12.0. The monoisotopic (exact) mass is 289 g/mol. The number of nitrogens with one attached hydrogen (secondary N) is 1. The lowest BCUT2D eigenvalue weighted by molar-refractivity contribution is -0.110. The lowest BCUT2D eigenvalue weighted by Gasteiger charge is -2.08. The van der Waals surface area contributed by atoms with Gasteiger partial charge in [0.1, 0.15) is 0 Å². The van der Waals surface area contributed by atoms with Crippen molar-refractivity contribution in [1.29, 1.82) is 0 Å². The summed E-state index contributed by atoms with van der Waals surface area (Å²) in [6.45, 7) is 0. The van der Waals surface area contributed by atoms with E-state index in [-0.39, 0.29) is 5.91 Å². The minimum Gasteiger partial charge on any atom is -0.472 e. The van der Waals surface area contributed by atoms with Gasteiger partial charge < -0.3 is 19.2 Å². The Morgan fingerprint density at radius 3 is 2.95 bits per heavy atom. The molecule has 0 spiro atoms. The first-order chi connectivity index (χ1) is 9.69. The summed E-state index contributed by atoms with van der Waals surface area (Å²) in [6, 6.07) is 7.08. The number of rotatable bonds is 3. The molecule has 1 aliphatic heterocycles. The molecule has 0 fully saturated rings. The van der Waals surface area contributed by atoms with Crippen LogP contribution >= 0.6 is 8.38 Å². The predicted molar refractivity (Wildman–Crippen MR) is 77.4 cm³/mol. The number of hydrogen-bond donors (Lipinski definition) is 2. The number of amides is 1. The minimum atomic E-state index is -1.63. The normalized spacial score (nSPS) is 17.1. The second kappa shape index (κ2) is 5.21. The zero-order valence-electron chi connectivity index (χ0n) is 10.7. The van der Waals surface area contributed by atoms with Gasteiger partial charge >= 0.3 is 0 Å². The fourth-order valence-electron chi connectivity index (χ4n) is 2.07. The summed E-state index contributed by atoms with van der Waals surface area (Å²) < 4.78 is 9.91. The van der Waals surface area contributed by atoms with E-state index in [2.05, 4.69) is 5.32 Å². The molecule has 0 saturated carbocycles. The Balaban J connectivity index is 2.01. The molecule has 0 saturated heterocycles. The summed E-state index contributed by atoms with van der Waals surface area (Å²) in [5.74, 6) is -0.168. The van der Waals surface area contributed by atoms with Crippen LogP contribution in [0.4, 0.5) is 5.69 Å². The van der Waals surface area contributed by atoms with Gasteiger partial charge in [-0.05, 0) is 24.3 Å². The number of fused-ring (bicyclic) bond motifs is 1. The standard InChI is InChI=1S/C14H12NO4P/c1-18-20(17)10-2-3-11-12(6-9-4-5-19-8-9)14(16)15-13(11)7-10/h2-8,17H,1H3,(H,15,16)/b12-6-. The summed E-state index contributed by atoms with van der Waals surface area (Å²) in [7, 11) is -0.189. The van der Waals surface area contributed by atoms with Gasteiger partial charge in [0, 0.05) is 34.8 Å². The van der Waals surface area contributed by atoms with Gasteiger partial charge in [0.25, 0.3) is 5.91 Å². The van der Waals surface area contributed by atoms with Crippen LogP contribution < -0.4 is 10.6 Å². The number of carbonyl (C=O) groups is 1. The largest absolute Gasteiger partial charge is 0.472 e. The van der Waals surface area contributed by atoms with Crippen LogP contribution in [0.2, 0.25) is 0 Å². The minimum absolute atomic E-state index is 0.168. The first kappa shape index (κ1) is 13.1. The molecule has 2 heterocycles. The molecule has 1 amide bonds. The van der Waals surface area contributed by atoms with Crippen LogP contribution in [0.15, 0.2) is 41.2 Å². The molecule has 0 bridgehead atoms. The molecule has 1 aromatic carbocycles. The van der Waals surface area contributed by atoms with E-state index in [9.17, 15) is 9.69 Å². The zero-order valence-corrected chi connectivity index (χ0v) is 11.6. The summed E-state index contributed by atoms with van der Waals surface area (Å²) in [5, 5.41) is 3.44. The number of anilines is 1. The van der Waals surface area contributed by atoms with E-state index in [1.807, 2.05) is 0 Å². The van der Waals surface area contributed by atoms with E-state index >= 15 is 0 Å². The highest BCUT2D eigenvalue weighted by atomic mass is 31.2. The first-order valence-electron chi connectivity index (χ1n) is 5.92. The van der Waals surface area contributed by atoms with E-state index < -0.39 is 8.38 Å². The SMILES string of the molecule is COP(O)c1ccc2c(c1)NC(=O)/C2=C\c1ccoc1. The topological polar surface area (TPSA) is 71.7 Å². The van der Waals surface area contributed by atoms with Crippen molar-refractivity contribution in [2.24, 2.45) is 0 Å². The molecule has 102 valence electrons. The van der Waals surface area contributed by atoms with Gasteiger partial charge in [-0.3, -0.25) is 4.79 Å². The van der Waals surface area contributed by atoms with Crippen LogP contribution in [0, 0.1) is 0 Å². The Morgan fingerprint density at radius 1 is 1.40 bits per heavy atom. The second-order valence-corrected chi connectivity index (χ2v) is 5.68. The Bertz CT molecular complexity index is 678. The highest BCUT2D eigenvalue weighted by Crippen LogP contribution is 2.36. The Labute approximate surface area is 116 Å². The molecular weight excluding hydrogens is 277 g/mol. The molecule has 1 aliphatic rings. The molecule has 5 nitrogen and oxygen atoms in total. The lowest BCUT2D eigenvalue weighted by atomic mass is 10.1. The molecule has 0 radical (unpaired) electrons. The number of furan rings is 1. The smallest absolute Gasteiger partial charge is 0.256 e. The maximum Gasteiger partial charge on any atom is 0.256 e. The van der Waals surface area contributed by atoms with Gasteiger partial charge in [-0.25, -0.2) is 0 Å². The summed E-state index contributed by atoms with van der Waals surface area (Å²) in [5.41, 5.74) is 2.89. The molecule has 0 aliphatic carbocycles. The van der Waals surface area contributed by atoms with Gasteiger partial charge in [0.2, 0.25) is 8.38 Å². The van der Waals surface area contributed by atoms with E-state index in [0.717, 1.165) is 11.1 Å². The van der Waals surface area contributed by atoms with Crippen LogP contribution in [0.25, 0.3) is 11.6 Å². The lowest BCUT2D eigenvalue weighted by Crippen LogP contribution is -2.05. The van der Waals surface area contributed by atoms with Crippen LogP contribution in [0.1, 0.15) is 11.1 Å². The highest BCUT2D eigenvalue weighted by molar-refractivity contribution is 7.55. The van der Waals surface area contributed by atoms with Crippen molar-refractivity contribution in [1.82, 2.24) is 0 Å². The fourth-order valence-corrected chi connectivity index (χ4v) is 2.73. The van der Waals surface area contributed by atoms with Gasteiger partial charge in [0.05, 0.1) is 12.5 Å². The third-order valence-electron chi connectivity index (χ3n) is 3.03. The number of carbonyl (C=O) groups excluding carboxylic acids is 1. The molecule has 20 heavy (non-hydrogen) atoms. The molecule has 2 N–H and O–H groups in total. The maximum atomic E-state index is 12.0. The van der Waals surface area contributed by atoms with Crippen molar-refractivity contribution < 1.29 is 18.6 Å². The van der Waals surface area contributed by atoms with Crippen molar-refractivity contribution in [2.75, 3.05) is 12.4 Å². The van der Waals surface area contributed by atoms with Crippen molar-refractivity contribution in [3.05, 3.63) is 47.9 Å². The molecule has 1 aromatic heterocycles. The summed E-state index contributed by atoms with van der Waals surface area (Å²) in [4.78, 5) is 21.7. The average Bonchev–Trinajstić information content (AvgIpc) is 3.06. The van der Waals surface area contributed by atoms with E-state index in [0.29, 0.717) is 16.6 Å². The first-order valence-corrected chi connectivity index (χ1v) is 7.13. The summed E-state index contributed by atoms with van der Waals surface area (Å²) >= 11 is 0. The quantitative estimate of drug-likeness (QED) is 0.672. The van der Waals surface area contributed by atoms with Crippen LogP contribution in [-0.2, 0) is 9.32 Å². The van der Waals surface area contributed by atoms with Crippen molar-refractivity contribution in [2.45, 2.75) is 0 Å². The number of benzene rings is 1. The third kappa shape index (κ3) is 2.27. The Hall–Kier alpha value is -1.94. The van der Waals surface area contributed by atoms with E-state index in [1.165, 1.54) is 7.11 Å². The third-order valence-corrected chi connectivity index (χ3v) is 4.10. The van der Waals surface area contributed by atoms with Crippen LogP contribution in [0.3, 0.4) is 0 Å². The molecule has 3 rings (SSSR count). The Morgan fingerprint density at radius 2 is 2.25 bits per heavy atom. The van der Waals surface area contributed by atoms with Gasteiger partial charge in [-0.2, -0.15) is 0 Å². The van der Waals surface area contributed by atoms with Crippen molar-refractivity contribution in [3.63, 3.8) is 0 Å². The fraction of sp³-hybridized carbons (Fsp3) is 0.0714. The molecule has 1 unspecified atom stereocenters. The van der Waals surface area contributed by atoms with Gasteiger partial charge in [0.15, 0.2) is 0 Å². The molecule has 6 heteroatoms.